The number of rotatable bonds is 28. The molecule has 0 unspecified atom stereocenters. The second-order valence-corrected chi connectivity index (χ2v) is 16.2. The SMILES string of the molecule is CCCCCCCCCOC(=O)c1ccccc1C(=O)OCCCS(=O)(=O)[O-].CCCCCCCCCOC(=O)c1ccccc1C(=O)OCCCS(=O)(=O)[O-].[Ca+2]. The standard InChI is InChI=1S/2C20H30O7S.Ca/c2*1-2-3-4-5-6-7-10-14-26-19(21)17-12-8-9-13-18(17)20(22)27-15-11-16-28(23,24)25;/h2*8-9,12-13H,2-7,10-11,14-16H2,1H3,(H,23,24,25);/q;;+2/p-2. The van der Waals surface area contributed by atoms with Crippen LogP contribution in [0.15, 0.2) is 48.5 Å². The van der Waals surface area contributed by atoms with Crippen molar-refractivity contribution < 1.29 is 64.1 Å². The van der Waals surface area contributed by atoms with Crippen molar-refractivity contribution in [1.29, 1.82) is 0 Å². The molecule has 0 amide bonds. The van der Waals surface area contributed by atoms with E-state index in [1.54, 1.807) is 24.3 Å². The maximum atomic E-state index is 12.3. The van der Waals surface area contributed by atoms with Crippen LogP contribution in [0.3, 0.4) is 0 Å². The number of carbonyl (C=O) groups excluding carboxylic acids is 4. The number of unbranched alkanes of at least 4 members (excludes halogenated alkanes) is 12. The fourth-order valence-corrected chi connectivity index (χ4v) is 6.18. The molecular formula is C40H58CaO14S2. The van der Waals surface area contributed by atoms with E-state index in [4.69, 9.17) is 18.9 Å². The molecule has 0 aliphatic rings. The number of benzene rings is 2. The fraction of sp³-hybridized carbons (Fsp3) is 0.600. The van der Waals surface area contributed by atoms with Gasteiger partial charge >= 0.3 is 61.6 Å². The van der Waals surface area contributed by atoms with Crippen LogP contribution in [0, 0.1) is 0 Å². The number of carbonyl (C=O) groups is 4. The summed E-state index contributed by atoms with van der Waals surface area (Å²) in [6.45, 7) is 4.48. The largest absolute Gasteiger partial charge is 2.00 e. The Balaban J connectivity index is 0.00000108. The molecule has 0 aliphatic heterocycles. The average Bonchev–Trinajstić information content (AvgIpc) is 3.16. The molecule has 2 rings (SSSR count). The Labute approximate surface area is 368 Å². The van der Waals surface area contributed by atoms with Gasteiger partial charge in [-0.25, -0.2) is 36.0 Å². The Kier molecular flexibility index (Phi) is 30.8. The van der Waals surface area contributed by atoms with Gasteiger partial charge in [-0.15, -0.1) is 0 Å². The van der Waals surface area contributed by atoms with E-state index in [1.165, 1.54) is 75.6 Å². The minimum Gasteiger partial charge on any atom is -0.748 e. The van der Waals surface area contributed by atoms with Gasteiger partial charge in [0.1, 0.15) is 0 Å². The zero-order valence-electron chi connectivity index (χ0n) is 33.4. The summed E-state index contributed by atoms with van der Waals surface area (Å²) in [5, 5.41) is 0. The molecule has 0 N–H and O–H groups in total. The van der Waals surface area contributed by atoms with Gasteiger partial charge in [0.15, 0.2) is 0 Å². The maximum absolute atomic E-state index is 12.3. The molecule has 2 aromatic carbocycles. The summed E-state index contributed by atoms with van der Waals surface area (Å²) in [6, 6.07) is 12.2. The van der Waals surface area contributed by atoms with Gasteiger partial charge in [-0.2, -0.15) is 0 Å². The van der Waals surface area contributed by atoms with Crippen LogP contribution in [0.5, 0.6) is 0 Å². The monoisotopic (exact) mass is 866 g/mol. The van der Waals surface area contributed by atoms with Crippen LogP contribution in [-0.4, -0.2) is 125 Å². The minimum atomic E-state index is -4.35. The quantitative estimate of drug-likeness (QED) is 0.0277. The molecular weight excluding hydrogens is 809 g/mol. The number of ether oxygens (including phenoxy) is 4. The molecule has 0 heterocycles. The van der Waals surface area contributed by atoms with Gasteiger partial charge < -0.3 is 28.1 Å². The molecule has 316 valence electrons. The van der Waals surface area contributed by atoms with Crippen molar-refractivity contribution >= 4 is 81.9 Å². The predicted octanol–water partition coefficient (Wildman–Crippen LogP) is 6.99. The summed E-state index contributed by atoms with van der Waals surface area (Å²) in [5.74, 6) is -3.93. The van der Waals surface area contributed by atoms with Crippen molar-refractivity contribution in [3.63, 3.8) is 0 Å². The molecule has 0 spiro atoms. The molecule has 0 fully saturated rings. The second kappa shape index (κ2) is 32.3. The van der Waals surface area contributed by atoms with Crippen molar-refractivity contribution in [2.45, 2.75) is 117 Å². The van der Waals surface area contributed by atoms with E-state index in [0.717, 1.165) is 38.5 Å². The number of hydrogen-bond donors (Lipinski definition) is 0. The van der Waals surface area contributed by atoms with Crippen LogP contribution in [0.1, 0.15) is 158 Å². The van der Waals surface area contributed by atoms with E-state index in [1.807, 2.05) is 0 Å². The maximum Gasteiger partial charge on any atom is 2.00 e. The normalized spacial score (nSPS) is 11.0. The Bertz CT molecular complexity index is 1560. The van der Waals surface area contributed by atoms with Crippen molar-refractivity contribution in [2.75, 3.05) is 37.9 Å². The molecule has 0 aliphatic carbocycles. The Morgan fingerprint density at radius 2 is 0.649 bits per heavy atom. The van der Waals surface area contributed by atoms with Gasteiger partial charge in [-0.3, -0.25) is 0 Å². The second-order valence-electron chi connectivity index (χ2n) is 13.1. The van der Waals surface area contributed by atoms with E-state index in [9.17, 15) is 45.1 Å². The molecule has 0 saturated carbocycles. The summed E-state index contributed by atoms with van der Waals surface area (Å²) in [7, 11) is -8.69. The van der Waals surface area contributed by atoms with E-state index in [2.05, 4.69) is 13.8 Å². The summed E-state index contributed by atoms with van der Waals surface area (Å²) in [4.78, 5) is 48.8. The van der Waals surface area contributed by atoms with Crippen molar-refractivity contribution in [3.8, 4) is 0 Å². The molecule has 14 nitrogen and oxygen atoms in total. The van der Waals surface area contributed by atoms with Crippen molar-refractivity contribution in [2.24, 2.45) is 0 Å². The molecule has 0 bridgehead atoms. The van der Waals surface area contributed by atoms with Crippen LogP contribution in [0.2, 0.25) is 0 Å². The Morgan fingerprint density at radius 1 is 0.421 bits per heavy atom. The fourth-order valence-electron chi connectivity index (χ4n) is 5.24. The molecule has 57 heavy (non-hydrogen) atoms. The first kappa shape index (κ1) is 54.4. The molecule has 0 radical (unpaired) electrons. The zero-order chi connectivity index (χ0) is 41.7. The van der Waals surface area contributed by atoms with Gasteiger partial charge in [0, 0.05) is 11.5 Å². The summed E-state index contributed by atoms with van der Waals surface area (Å²) in [5.41, 5.74) is 0.313. The van der Waals surface area contributed by atoms with Gasteiger partial charge in [0.05, 0.1) is 68.9 Å². The molecule has 17 heteroatoms. The van der Waals surface area contributed by atoms with Crippen LogP contribution in [0.25, 0.3) is 0 Å². The summed E-state index contributed by atoms with van der Waals surface area (Å²) < 4.78 is 83.7. The first-order valence-corrected chi connectivity index (χ1v) is 22.6. The third kappa shape index (κ3) is 27.7. The van der Waals surface area contributed by atoms with Crippen LogP contribution in [0.4, 0.5) is 0 Å². The molecule has 2 aromatic rings. The third-order valence-electron chi connectivity index (χ3n) is 8.24. The van der Waals surface area contributed by atoms with Gasteiger partial charge in [-0.05, 0) is 49.9 Å². The van der Waals surface area contributed by atoms with E-state index < -0.39 is 55.6 Å². The summed E-state index contributed by atoms with van der Waals surface area (Å²) >= 11 is 0. The van der Waals surface area contributed by atoms with E-state index >= 15 is 0 Å². The van der Waals surface area contributed by atoms with Crippen LogP contribution >= 0.6 is 0 Å². The number of esters is 4. The van der Waals surface area contributed by atoms with Gasteiger partial charge in [-0.1, -0.05) is 115 Å². The summed E-state index contributed by atoms with van der Waals surface area (Å²) in [6.07, 6.45) is 15.3. The van der Waals surface area contributed by atoms with E-state index in [0.29, 0.717) is 0 Å². The first-order chi connectivity index (χ1) is 26.7. The molecule has 0 aromatic heterocycles. The molecule has 0 saturated heterocycles. The van der Waals surface area contributed by atoms with Crippen LogP contribution in [-0.2, 0) is 39.2 Å². The Hall–Kier alpha value is -2.60. The van der Waals surface area contributed by atoms with E-state index in [-0.39, 0.29) is 99.3 Å². The van der Waals surface area contributed by atoms with Crippen LogP contribution < -0.4 is 0 Å². The van der Waals surface area contributed by atoms with Crippen molar-refractivity contribution in [1.82, 2.24) is 0 Å². The first-order valence-electron chi connectivity index (χ1n) is 19.4. The molecule has 0 atom stereocenters. The zero-order valence-corrected chi connectivity index (χ0v) is 37.3. The Morgan fingerprint density at radius 3 is 0.895 bits per heavy atom. The third-order valence-corrected chi connectivity index (χ3v) is 9.82. The van der Waals surface area contributed by atoms with Gasteiger partial charge in [0.2, 0.25) is 0 Å². The average molecular weight is 867 g/mol. The smallest absolute Gasteiger partial charge is 0.748 e. The van der Waals surface area contributed by atoms with Gasteiger partial charge in [0.25, 0.3) is 0 Å². The van der Waals surface area contributed by atoms with Crippen molar-refractivity contribution in [3.05, 3.63) is 70.8 Å². The predicted molar refractivity (Wildman–Crippen MR) is 214 cm³/mol. The minimum absolute atomic E-state index is 0. The topological polar surface area (TPSA) is 220 Å². The number of hydrogen-bond acceptors (Lipinski definition) is 14.